The number of carbonyl (C=O) groups is 2. The maximum atomic E-state index is 11.8. The molecule has 0 radical (unpaired) electrons. The summed E-state index contributed by atoms with van der Waals surface area (Å²) in [5, 5.41) is 5.76. The Kier molecular flexibility index (Phi) is 5.57. The second-order valence-electron chi connectivity index (χ2n) is 4.92. The van der Waals surface area contributed by atoms with Crippen molar-refractivity contribution in [1.82, 2.24) is 5.32 Å². The predicted octanol–water partition coefficient (Wildman–Crippen LogP) is 1.52. The Morgan fingerprint density at radius 1 is 1.13 bits per heavy atom. The molecule has 0 heterocycles. The Labute approximate surface area is 134 Å². The minimum absolute atomic E-state index is 0.109. The third-order valence-corrected chi connectivity index (χ3v) is 3.25. The molecule has 23 heavy (non-hydrogen) atoms. The average molecular weight is 313 g/mol. The summed E-state index contributed by atoms with van der Waals surface area (Å²) >= 11 is 0. The minimum atomic E-state index is -0.502. The van der Waals surface area contributed by atoms with Crippen molar-refractivity contribution in [2.24, 2.45) is 5.73 Å². The van der Waals surface area contributed by atoms with E-state index in [1.807, 2.05) is 24.3 Å². The van der Waals surface area contributed by atoms with Crippen molar-refractivity contribution < 1.29 is 14.3 Å². The lowest BCUT2D eigenvalue weighted by Crippen LogP contribution is -2.29. The Morgan fingerprint density at radius 3 is 2.52 bits per heavy atom. The highest BCUT2D eigenvalue weighted by molar-refractivity contribution is 5.93. The first-order valence-corrected chi connectivity index (χ1v) is 7.12. The van der Waals surface area contributed by atoms with E-state index in [0.717, 1.165) is 11.3 Å². The maximum Gasteiger partial charge on any atom is 0.248 e. The van der Waals surface area contributed by atoms with E-state index in [2.05, 4.69) is 10.6 Å². The van der Waals surface area contributed by atoms with E-state index in [4.69, 9.17) is 10.5 Å². The standard InChI is InChI=1S/C17H19N3O3/c1-23-15-7-5-12(6-8-15)10-20-16(21)11-19-14-4-2-3-13(9-14)17(18)22/h2-9,19H,10-11H2,1H3,(H2,18,22)(H,20,21). The van der Waals surface area contributed by atoms with E-state index >= 15 is 0 Å². The van der Waals surface area contributed by atoms with Crippen LogP contribution in [0.1, 0.15) is 15.9 Å². The van der Waals surface area contributed by atoms with Crippen molar-refractivity contribution in [1.29, 1.82) is 0 Å². The molecule has 4 N–H and O–H groups in total. The van der Waals surface area contributed by atoms with Gasteiger partial charge in [0.2, 0.25) is 11.8 Å². The molecule has 0 atom stereocenters. The molecule has 120 valence electrons. The van der Waals surface area contributed by atoms with Gasteiger partial charge in [0.15, 0.2) is 0 Å². The van der Waals surface area contributed by atoms with Gasteiger partial charge in [-0.05, 0) is 35.9 Å². The van der Waals surface area contributed by atoms with Gasteiger partial charge in [-0.2, -0.15) is 0 Å². The van der Waals surface area contributed by atoms with Crippen molar-refractivity contribution in [3.8, 4) is 5.75 Å². The number of anilines is 1. The van der Waals surface area contributed by atoms with Crippen LogP contribution in [0.15, 0.2) is 48.5 Å². The first-order chi connectivity index (χ1) is 11.1. The summed E-state index contributed by atoms with van der Waals surface area (Å²) < 4.78 is 5.08. The van der Waals surface area contributed by atoms with Gasteiger partial charge in [-0.25, -0.2) is 0 Å². The van der Waals surface area contributed by atoms with Gasteiger partial charge in [0, 0.05) is 17.8 Å². The fraction of sp³-hybridized carbons (Fsp3) is 0.176. The van der Waals surface area contributed by atoms with Crippen LogP contribution < -0.4 is 21.1 Å². The highest BCUT2D eigenvalue weighted by Gasteiger charge is 2.04. The summed E-state index contributed by atoms with van der Waals surface area (Å²) in [6.07, 6.45) is 0. The van der Waals surface area contributed by atoms with Gasteiger partial charge in [0.1, 0.15) is 5.75 Å². The van der Waals surface area contributed by atoms with Crippen LogP contribution in [0.5, 0.6) is 5.75 Å². The lowest BCUT2D eigenvalue weighted by molar-refractivity contribution is -0.119. The van der Waals surface area contributed by atoms with Crippen molar-refractivity contribution >= 4 is 17.5 Å². The first-order valence-electron chi connectivity index (χ1n) is 7.12. The van der Waals surface area contributed by atoms with Crippen LogP contribution in [0.3, 0.4) is 0 Å². The summed E-state index contributed by atoms with van der Waals surface area (Å²) in [4.78, 5) is 22.9. The Bertz CT molecular complexity index is 684. The lowest BCUT2D eigenvalue weighted by atomic mass is 10.2. The molecule has 0 spiro atoms. The van der Waals surface area contributed by atoms with Crippen LogP contribution in [-0.4, -0.2) is 25.5 Å². The fourth-order valence-electron chi connectivity index (χ4n) is 1.97. The van der Waals surface area contributed by atoms with E-state index in [-0.39, 0.29) is 12.5 Å². The van der Waals surface area contributed by atoms with E-state index in [1.54, 1.807) is 31.4 Å². The Balaban J connectivity index is 1.80. The van der Waals surface area contributed by atoms with Crippen LogP contribution in [0.2, 0.25) is 0 Å². The third-order valence-electron chi connectivity index (χ3n) is 3.25. The molecular weight excluding hydrogens is 294 g/mol. The van der Waals surface area contributed by atoms with E-state index in [0.29, 0.717) is 17.8 Å². The molecule has 0 unspecified atom stereocenters. The molecule has 2 aromatic rings. The Morgan fingerprint density at radius 2 is 1.87 bits per heavy atom. The number of hydrogen-bond donors (Lipinski definition) is 3. The zero-order valence-electron chi connectivity index (χ0n) is 12.8. The third kappa shape index (κ3) is 5.03. The topological polar surface area (TPSA) is 93.4 Å². The number of nitrogens with two attached hydrogens (primary N) is 1. The molecule has 2 rings (SSSR count). The van der Waals surface area contributed by atoms with Crippen LogP contribution in [0.4, 0.5) is 5.69 Å². The van der Waals surface area contributed by atoms with Crippen LogP contribution in [0.25, 0.3) is 0 Å². The molecule has 0 saturated heterocycles. The maximum absolute atomic E-state index is 11.8. The molecule has 0 fully saturated rings. The number of nitrogens with one attached hydrogen (secondary N) is 2. The van der Waals surface area contributed by atoms with E-state index < -0.39 is 5.91 Å². The number of rotatable bonds is 7. The van der Waals surface area contributed by atoms with Gasteiger partial charge in [-0.1, -0.05) is 18.2 Å². The lowest BCUT2D eigenvalue weighted by Gasteiger charge is -2.09. The average Bonchev–Trinajstić information content (AvgIpc) is 2.58. The second-order valence-corrected chi connectivity index (χ2v) is 4.92. The Hall–Kier alpha value is -3.02. The quantitative estimate of drug-likeness (QED) is 0.722. The largest absolute Gasteiger partial charge is 0.497 e. The molecular formula is C17H19N3O3. The SMILES string of the molecule is COc1ccc(CNC(=O)CNc2cccc(C(N)=O)c2)cc1. The van der Waals surface area contributed by atoms with Crippen molar-refractivity contribution in [3.63, 3.8) is 0 Å². The van der Waals surface area contributed by atoms with E-state index in [9.17, 15) is 9.59 Å². The molecule has 0 saturated carbocycles. The summed E-state index contributed by atoms with van der Waals surface area (Å²) in [7, 11) is 1.61. The molecule has 2 aromatic carbocycles. The van der Waals surface area contributed by atoms with E-state index in [1.165, 1.54) is 0 Å². The summed E-state index contributed by atoms with van der Waals surface area (Å²) in [6, 6.07) is 14.2. The summed E-state index contributed by atoms with van der Waals surface area (Å²) in [6.45, 7) is 0.546. The molecule has 2 amide bonds. The van der Waals surface area contributed by atoms with Gasteiger partial charge in [-0.3, -0.25) is 9.59 Å². The molecule has 6 heteroatoms. The normalized spacial score (nSPS) is 9.96. The molecule has 0 aliphatic heterocycles. The number of ether oxygens (including phenoxy) is 1. The predicted molar refractivity (Wildman–Crippen MR) is 88.3 cm³/mol. The first kappa shape index (κ1) is 16.4. The number of primary amides is 1. The molecule has 0 aliphatic carbocycles. The summed E-state index contributed by atoms with van der Waals surface area (Å²) in [5.41, 5.74) is 7.26. The number of carbonyl (C=O) groups excluding carboxylic acids is 2. The molecule has 0 aliphatic rings. The van der Waals surface area contributed by atoms with Crippen LogP contribution >= 0.6 is 0 Å². The minimum Gasteiger partial charge on any atom is -0.497 e. The zero-order chi connectivity index (χ0) is 16.7. The highest BCUT2D eigenvalue weighted by Crippen LogP contribution is 2.11. The number of benzene rings is 2. The smallest absolute Gasteiger partial charge is 0.248 e. The number of methoxy groups -OCH3 is 1. The molecule has 0 bridgehead atoms. The van der Waals surface area contributed by atoms with Crippen molar-refractivity contribution in [2.45, 2.75) is 6.54 Å². The van der Waals surface area contributed by atoms with Crippen molar-refractivity contribution in [2.75, 3.05) is 19.0 Å². The van der Waals surface area contributed by atoms with Crippen LogP contribution in [0, 0.1) is 0 Å². The second kappa shape index (κ2) is 7.84. The fourth-order valence-corrected chi connectivity index (χ4v) is 1.97. The monoisotopic (exact) mass is 313 g/mol. The van der Waals surface area contributed by atoms with Crippen LogP contribution in [-0.2, 0) is 11.3 Å². The van der Waals surface area contributed by atoms with Gasteiger partial charge < -0.3 is 21.1 Å². The van der Waals surface area contributed by atoms with Gasteiger partial charge in [-0.15, -0.1) is 0 Å². The molecule has 6 nitrogen and oxygen atoms in total. The van der Waals surface area contributed by atoms with Gasteiger partial charge in [0.25, 0.3) is 0 Å². The van der Waals surface area contributed by atoms with Crippen molar-refractivity contribution in [3.05, 3.63) is 59.7 Å². The number of amides is 2. The number of hydrogen-bond acceptors (Lipinski definition) is 4. The van der Waals surface area contributed by atoms with Gasteiger partial charge >= 0.3 is 0 Å². The zero-order valence-corrected chi connectivity index (χ0v) is 12.8. The highest BCUT2D eigenvalue weighted by atomic mass is 16.5. The van der Waals surface area contributed by atoms with Gasteiger partial charge in [0.05, 0.1) is 13.7 Å². The molecule has 0 aromatic heterocycles. The summed E-state index contributed by atoms with van der Waals surface area (Å²) in [5.74, 6) is 0.124.